The standard InChI is InChI=1S/C10H9Cl2NO/c11-7-2-1-3-8(12)9(7)5-4-6(5)10(13)14/h1-3,5-6H,4H2,(H2,13,14)/t5-,6+/m0/s1. The van der Waals surface area contributed by atoms with Crippen LogP contribution >= 0.6 is 23.2 Å². The Morgan fingerprint density at radius 3 is 2.36 bits per heavy atom. The summed E-state index contributed by atoms with van der Waals surface area (Å²) in [5.41, 5.74) is 6.06. The molecule has 4 heteroatoms. The highest BCUT2D eigenvalue weighted by Crippen LogP contribution is 2.51. The molecule has 1 aliphatic rings. The number of hydrogen-bond acceptors (Lipinski definition) is 1. The van der Waals surface area contributed by atoms with Crippen molar-refractivity contribution >= 4 is 29.1 Å². The van der Waals surface area contributed by atoms with Gasteiger partial charge in [-0.25, -0.2) is 0 Å². The Hall–Kier alpha value is -0.730. The van der Waals surface area contributed by atoms with Gasteiger partial charge in [-0.2, -0.15) is 0 Å². The molecule has 1 aromatic rings. The monoisotopic (exact) mass is 229 g/mol. The van der Waals surface area contributed by atoms with E-state index in [1.165, 1.54) is 0 Å². The first-order chi connectivity index (χ1) is 6.61. The first-order valence-corrected chi connectivity index (χ1v) is 5.10. The van der Waals surface area contributed by atoms with Gasteiger partial charge in [-0.15, -0.1) is 0 Å². The number of hydrogen-bond donors (Lipinski definition) is 1. The van der Waals surface area contributed by atoms with Crippen molar-refractivity contribution in [2.24, 2.45) is 11.7 Å². The number of rotatable bonds is 2. The van der Waals surface area contributed by atoms with E-state index in [1.807, 2.05) is 0 Å². The lowest BCUT2D eigenvalue weighted by Crippen LogP contribution is -2.13. The first kappa shape index (κ1) is 9.81. The molecule has 0 aromatic heterocycles. The van der Waals surface area contributed by atoms with Crippen LogP contribution in [0.5, 0.6) is 0 Å². The van der Waals surface area contributed by atoms with Gasteiger partial charge in [0.05, 0.1) is 0 Å². The number of carbonyl (C=O) groups is 1. The minimum absolute atomic E-state index is 0.0904. The molecule has 1 aromatic carbocycles. The fraction of sp³-hybridized carbons (Fsp3) is 0.300. The highest BCUT2D eigenvalue weighted by Gasteiger charge is 2.44. The van der Waals surface area contributed by atoms with Crippen molar-refractivity contribution in [3.05, 3.63) is 33.8 Å². The zero-order valence-corrected chi connectivity index (χ0v) is 8.85. The summed E-state index contributed by atoms with van der Waals surface area (Å²) in [6, 6.07) is 5.34. The van der Waals surface area contributed by atoms with Crippen LogP contribution in [0.3, 0.4) is 0 Å². The fourth-order valence-corrected chi connectivity index (χ4v) is 2.37. The van der Waals surface area contributed by atoms with Crippen molar-refractivity contribution in [2.75, 3.05) is 0 Å². The molecule has 2 rings (SSSR count). The summed E-state index contributed by atoms with van der Waals surface area (Å²) in [7, 11) is 0. The Kier molecular flexibility index (Phi) is 2.41. The zero-order valence-electron chi connectivity index (χ0n) is 7.34. The first-order valence-electron chi connectivity index (χ1n) is 4.34. The lowest BCUT2D eigenvalue weighted by atomic mass is 10.1. The average Bonchev–Trinajstić information content (AvgIpc) is 2.83. The second-order valence-corrected chi connectivity index (χ2v) is 4.30. The van der Waals surface area contributed by atoms with E-state index in [9.17, 15) is 4.79 Å². The van der Waals surface area contributed by atoms with Gasteiger partial charge in [-0.05, 0) is 30.0 Å². The quantitative estimate of drug-likeness (QED) is 0.833. The number of amides is 1. The highest BCUT2D eigenvalue weighted by atomic mass is 35.5. The normalized spacial score (nSPS) is 24.7. The molecule has 1 fully saturated rings. The van der Waals surface area contributed by atoms with E-state index in [-0.39, 0.29) is 17.7 Å². The number of primary amides is 1. The van der Waals surface area contributed by atoms with E-state index >= 15 is 0 Å². The molecule has 14 heavy (non-hydrogen) atoms. The van der Waals surface area contributed by atoms with Gasteiger partial charge in [0, 0.05) is 16.0 Å². The molecular weight excluding hydrogens is 221 g/mol. The Bertz CT molecular complexity index is 371. The van der Waals surface area contributed by atoms with Gasteiger partial charge in [-0.3, -0.25) is 4.79 Å². The molecule has 2 nitrogen and oxygen atoms in total. The Balaban J connectivity index is 2.31. The van der Waals surface area contributed by atoms with E-state index in [0.717, 1.165) is 12.0 Å². The van der Waals surface area contributed by atoms with Gasteiger partial charge in [0.15, 0.2) is 0 Å². The van der Waals surface area contributed by atoms with Gasteiger partial charge in [0.25, 0.3) is 0 Å². The maximum Gasteiger partial charge on any atom is 0.221 e. The summed E-state index contributed by atoms with van der Waals surface area (Å²) in [5, 5.41) is 1.23. The Labute approximate surface area is 92.0 Å². The summed E-state index contributed by atoms with van der Waals surface area (Å²) in [5.74, 6) is -0.243. The van der Waals surface area contributed by atoms with Crippen molar-refractivity contribution in [3.63, 3.8) is 0 Å². The number of benzene rings is 1. The lowest BCUT2D eigenvalue weighted by molar-refractivity contribution is -0.119. The minimum Gasteiger partial charge on any atom is -0.369 e. The van der Waals surface area contributed by atoms with E-state index in [4.69, 9.17) is 28.9 Å². The summed E-state index contributed by atoms with van der Waals surface area (Å²) < 4.78 is 0. The Morgan fingerprint density at radius 2 is 1.93 bits per heavy atom. The largest absolute Gasteiger partial charge is 0.369 e. The predicted molar refractivity (Wildman–Crippen MR) is 56.5 cm³/mol. The Morgan fingerprint density at radius 1 is 1.36 bits per heavy atom. The van der Waals surface area contributed by atoms with Crippen LogP contribution in [-0.4, -0.2) is 5.91 Å². The van der Waals surface area contributed by atoms with Crippen molar-refractivity contribution in [3.8, 4) is 0 Å². The topological polar surface area (TPSA) is 43.1 Å². The highest BCUT2D eigenvalue weighted by molar-refractivity contribution is 6.36. The minimum atomic E-state index is -0.272. The summed E-state index contributed by atoms with van der Waals surface area (Å²) >= 11 is 12.0. The van der Waals surface area contributed by atoms with Crippen LogP contribution in [0.15, 0.2) is 18.2 Å². The molecule has 0 radical (unpaired) electrons. The third-order valence-corrected chi connectivity index (χ3v) is 3.19. The predicted octanol–water partition coefficient (Wildman–Crippen LogP) is 2.58. The molecular formula is C10H9Cl2NO. The van der Waals surface area contributed by atoms with Crippen LogP contribution in [0, 0.1) is 5.92 Å². The average molecular weight is 230 g/mol. The lowest BCUT2D eigenvalue weighted by Gasteiger charge is -2.04. The van der Waals surface area contributed by atoms with E-state index < -0.39 is 0 Å². The third kappa shape index (κ3) is 1.60. The molecule has 0 bridgehead atoms. The van der Waals surface area contributed by atoms with Crippen LogP contribution in [0.2, 0.25) is 10.0 Å². The smallest absolute Gasteiger partial charge is 0.221 e. The summed E-state index contributed by atoms with van der Waals surface area (Å²) in [6.07, 6.45) is 0.763. The number of carbonyl (C=O) groups excluding carboxylic acids is 1. The molecule has 1 amide bonds. The fourth-order valence-electron chi connectivity index (χ4n) is 1.69. The van der Waals surface area contributed by atoms with E-state index in [2.05, 4.69) is 0 Å². The van der Waals surface area contributed by atoms with E-state index in [1.54, 1.807) is 18.2 Å². The van der Waals surface area contributed by atoms with Crippen LogP contribution in [0.1, 0.15) is 17.9 Å². The third-order valence-electron chi connectivity index (χ3n) is 2.53. The summed E-state index contributed by atoms with van der Waals surface area (Å²) in [6.45, 7) is 0. The van der Waals surface area contributed by atoms with Crippen LogP contribution in [-0.2, 0) is 4.79 Å². The van der Waals surface area contributed by atoms with Gasteiger partial charge in [0.1, 0.15) is 0 Å². The molecule has 0 heterocycles. The molecule has 0 spiro atoms. The van der Waals surface area contributed by atoms with Crippen LogP contribution < -0.4 is 5.73 Å². The second-order valence-electron chi connectivity index (χ2n) is 3.49. The van der Waals surface area contributed by atoms with Crippen molar-refractivity contribution in [2.45, 2.75) is 12.3 Å². The molecule has 1 saturated carbocycles. The molecule has 1 aliphatic carbocycles. The zero-order chi connectivity index (χ0) is 10.3. The second kappa shape index (κ2) is 3.44. The van der Waals surface area contributed by atoms with Gasteiger partial charge in [-0.1, -0.05) is 29.3 Å². The van der Waals surface area contributed by atoms with Crippen molar-refractivity contribution < 1.29 is 4.79 Å². The molecule has 2 N–H and O–H groups in total. The molecule has 0 unspecified atom stereocenters. The number of nitrogens with two attached hydrogens (primary N) is 1. The SMILES string of the molecule is NC(=O)[C@@H]1C[C@@H]1c1c(Cl)cccc1Cl. The molecule has 0 saturated heterocycles. The van der Waals surface area contributed by atoms with Crippen molar-refractivity contribution in [1.29, 1.82) is 0 Å². The maximum absolute atomic E-state index is 10.9. The van der Waals surface area contributed by atoms with Gasteiger partial charge < -0.3 is 5.73 Å². The van der Waals surface area contributed by atoms with E-state index in [0.29, 0.717) is 10.0 Å². The number of halogens is 2. The molecule has 74 valence electrons. The molecule has 0 aliphatic heterocycles. The van der Waals surface area contributed by atoms with Crippen LogP contribution in [0.4, 0.5) is 0 Å². The molecule has 2 atom stereocenters. The van der Waals surface area contributed by atoms with Gasteiger partial charge in [0.2, 0.25) is 5.91 Å². The van der Waals surface area contributed by atoms with Crippen LogP contribution in [0.25, 0.3) is 0 Å². The van der Waals surface area contributed by atoms with Crippen molar-refractivity contribution in [1.82, 2.24) is 0 Å². The maximum atomic E-state index is 10.9. The van der Waals surface area contributed by atoms with Gasteiger partial charge >= 0.3 is 0 Å². The summed E-state index contributed by atoms with van der Waals surface area (Å²) in [4.78, 5) is 10.9.